The van der Waals surface area contributed by atoms with E-state index in [9.17, 15) is 13.2 Å². The minimum atomic E-state index is -3.07. The van der Waals surface area contributed by atoms with Crippen LogP contribution in [0.1, 0.15) is 6.42 Å². The third-order valence-corrected chi connectivity index (χ3v) is 3.33. The third-order valence-electron chi connectivity index (χ3n) is 3.33. The lowest BCUT2D eigenvalue weighted by Gasteiger charge is -2.21. The molecule has 112 valence electrons. The largest absolute Gasteiger partial charge is 0.432 e. The lowest BCUT2D eigenvalue weighted by Crippen LogP contribution is -2.22. The molecule has 0 radical (unpaired) electrons. The maximum Gasteiger partial charge on any atom is 0.387 e. The molecule has 1 aliphatic heterocycles. The first-order chi connectivity index (χ1) is 9.51. The summed E-state index contributed by atoms with van der Waals surface area (Å²) < 4.78 is 47.2. The average Bonchev–Trinajstić information content (AvgIpc) is 2.81. The number of hydrogen-bond acceptors (Lipinski definition) is 4. The second-order valence-corrected chi connectivity index (χ2v) is 4.78. The number of benzene rings is 1. The molecule has 0 spiro atoms. The monoisotopic (exact) mass is 290 g/mol. The summed E-state index contributed by atoms with van der Waals surface area (Å²) in [6.07, 6.45) is 0.912. The van der Waals surface area contributed by atoms with Crippen LogP contribution in [-0.2, 0) is 4.74 Å². The molecule has 4 nitrogen and oxygen atoms in total. The highest BCUT2D eigenvalue weighted by Crippen LogP contribution is 2.34. The summed E-state index contributed by atoms with van der Waals surface area (Å²) in [4.78, 5) is 1.93. The van der Waals surface area contributed by atoms with Crippen molar-refractivity contribution >= 4 is 11.4 Å². The van der Waals surface area contributed by atoms with Gasteiger partial charge in [0.1, 0.15) is 0 Å². The Morgan fingerprint density at radius 2 is 2.20 bits per heavy atom. The van der Waals surface area contributed by atoms with E-state index in [1.165, 1.54) is 6.07 Å². The van der Waals surface area contributed by atoms with Crippen molar-refractivity contribution in [1.82, 2.24) is 0 Å². The molecule has 1 aliphatic rings. The van der Waals surface area contributed by atoms with E-state index in [4.69, 9.17) is 10.5 Å². The third kappa shape index (κ3) is 3.27. The Morgan fingerprint density at radius 3 is 2.85 bits per heavy atom. The first-order valence-electron chi connectivity index (χ1n) is 6.29. The summed E-state index contributed by atoms with van der Waals surface area (Å²) in [7, 11) is 1.63. The standard InChI is InChI=1S/C13H17F3N2O2/c1-19-7-8-2-3-18(6-8)11-5-12(20-13(15)16)9(14)4-10(11)17/h4-5,8,13H,2-3,6-7,17H2,1H3. The molecule has 2 rings (SSSR count). The second kappa shape index (κ2) is 6.21. The molecule has 1 heterocycles. The van der Waals surface area contributed by atoms with Crippen LogP contribution in [-0.4, -0.2) is 33.4 Å². The fourth-order valence-electron chi connectivity index (χ4n) is 2.44. The number of methoxy groups -OCH3 is 1. The highest BCUT2D eigenvalue weighted by molar-refractivity contribution is 5.70. The van der Waals surface area contributed by atoms with E-state index >= 15 is 0 Å². The number of rotatable bonds is 5. The minimum absolute atomic E-state index is 0.210. The molecule has 2 N–H and O–H groups in total. The lowest BCUT2D eigenvalue weighted by atomic mass is 10.1. The Bertz CT molecular complexity index is 471. The van der Waals surface area contributed by atoms with Crippen molar-refractivity contribution in [3.05, 3.63) is 17.9 Å². The van der Waals surface area contributed by atoms with Crippen molar-refractivity contribution in [2.75, 3.05) is 37.4 Å². The van der Waals surface area contributed by atoms with Crippen LogP contribution in [0.3, 0.4) is 0 Å². The van der Waals surface area contributed by atoms with Gasteiger partial charge in [0.25, 0.3) is 0 Å². The quantitative estimate of drug-likeness (QED) is 0.846. The molecule has 1 aromatic rings. The van der Waals surface area contributed by atoms with Gasteiger partial charge in [0.05, 0.1) is 18.0 Å². The van der Waals surface area contributed by atoms with Crippen LogP contribution in [0.5, 0.6) is 5.75 Å². The number of nitrogens with two attached hydrogens (primary N) is 1. The van der Waals surface area contributed by atoms with Gasteiger partial charge in [-0.2, -0.15) is 8.78 Å². The average molecular weight is 290 g/mol. The molecule has 1 unspecified atom stereocenters. The molecular formula is C13H17F3N2O2. The van der Waals surface area contributed by atoms with Crippen LogP contribution in [0.15, 0.2) is 12.1 Å². The fourth-order valence-corrected chi connectivity index (χ4v) is 2.44. The van der Waals surface area contributed by atoms with Crippen molar-refractivity contribution in [3.63, 3.8) is 0 Å². The smallest absolute Gasteiger partial charge is 0.387 e. The van der Waals surface area contributed by atoms with Gasteiger partial charge in [0.15, 0.2) is 11.6 Å². The summed E-state index contributed by atoms with van der Waals surface area (Å²) in [5, 5.41) is 0. The van der Waals surface area contributed by atoms with Gasteiger partial charge >= 0.3 is 6.61 Å². The SMILES string of the molecule is COCC1CCN(c2cc(OC(F)F)c(F)cc2N)C1. The molecule has 0 amide bonds. The number of anilines is 2. The van der Waals surface area contributed by atoms with Gasteiger partial charge in [-0.3, -0.25) is 0 Å². The van der Waals surface area contributed by atoms with Crippen LogP contribution in [0.4, 0.5) is 24.5 Å². The zero-order valence-corrected chi connectivity index (χ0v) is 11.1. The summed E-state index contributed by atoms with van der Waals surface area (Å²) in [6, 6.07) is 2.24. The van der Waals surface area contributed by atoms with Gasteiger partial charge < -0.3 is 20.1 Å². The van der Waals surface area contributed by atoms with Crippen molar-refractivity contribution in [3.8, 4) is 5.75 Å². The van der Waals surface area contributed by atoms with E-state index in [2.05, 4.69) is 4.74 Å². The predicted molar refractivity (Wildman–Crippen MR) is 69.6 cm³/mol. The highest BCUT2D eigenvalue weighted by Gasteiger charge is 2.25. The summed E-state index contributed by atoms with van der Waals surface area (Å²) in [5.74, 6) is -1.03. The molecule has 0 saturated carbocycles. The van der Waals surface area contributed by atoms with Crippen LogP contribution in [0, 0.1) is 11.7 Å². The maximum atomic E-state index is 13.5. The molecular weight excluding hydrogens is 273 g/mol. The highest BCUT2D eigenvalue weighted by atomic mass is 19.3. The number of hydrogen-bond donors (Lipinski definition) is 1. The topological polar surface area (TPSA) is 47.7 Å². The first kappa shape index (κ1) is 14.8. The summed E-state index contributed by atoms with van der Waals surface area (Å²) in [6.45, 7) is -1.03. The fraction of sp³-hybridized carbons (Fsp3) is 0.538. The minimum Gasteiger partial charge on any atom is -0.432 e. The normalized spacial score (nSPS) is 18.9. The van der Waals surface area contributed by atoms with E-state index in [-0.39, 0.29) is 5.69 Å². The van der Waals surface area contributed by atoms with E-state index < -0.39 is 18.2 Å². The van der Waals surface area contributed by atoms with Gasteiger partial charge in [-0.05, 0) is 6.42 Å². The Morgan fingerprint density at radius 1 is 1.45 bits per heavy atom. The molecule has 0 aromatic heterocycles. The van der Waals surface area contributed by atoms with E-state index in [1.807, 2.05) is 4.90 Å². The van der Waals surface area contributed by atoms with Crippen LogP contribution in [0.25, 0.3) is 0 Å². The van der Waals surface area contributed by atoms with E-state index in [0.717, 1.165) is 19.0 Å². The number of ether oxygens (including phenoxy) is 2. The van der Waals surface area contributed by atoms with Gasteiger partial charge in [-0.25, -0.2) is 4.39 Å². The van der Waals surface area contributed by atoms with Crippen molar-refractivity contribution in [2.24, 2.45) is 5.92 Å². The summed E-state index contributed by atoms with van der Waals surface area (Å²) in [5.41, 5.74) is 6.49. The molecule has 0 bridgehead atoms. The number of nitrogens with zero attached hydrogens (tertiary/aromatic N) is 1. The van der Waals surface area contributed by atoms with Crippen LogP contribution in [0.2, 0.25) is 0 Å². The number of alkyl halides is 2. The van der Waals surface area contributed by atoms with E-state index in [1.54, 1.807) is 7.11 Å². The number of nitrogen functional groups attached to an aromatic ring is 1. The zero-order valence-electron chi connectivity index (χ0n) is 11.1. The van der Waals surface area contributed by atoms with Crippen molar-refractivity contribution < 1.29 is 22.6 Å². The molecule has 0 aliphatic carbocycles. The Hall–Kier alpha value is -1.63. The van der Waals surface area contributed by atoms with Crippen LogP contribution < -0.4 is 15.4 Å². The lowest BCUT2D eigenvalue weighted by molar-refractivity contribution is -0.0521. The second-order valence-electron chi connectivity index (χ2n) is 4.78. The van der Waals surface area contributed by atoms with Crippen molar-refractivity contribution in [1.29, 1.82) is 0 Å². The van der Waals surface area contributed by atoms with Gasteiger partial charge in [-0.1, -0.05) is 0 Å². The Balaban J connectivity index is 2.19. The van der Waals surface area contributed by atoms with Crippen molar-refractivity contribution in [2.45, 2.75) is 13.0 Å². The summed E-state index contributed by atoms with van der Waals surface area (Å²) >= 11 is 0. The molecule has 7 heteroatoms. The van der Waals surface area contributed by atoms with Gasteiger partial charge in [0.2, 0.25) is 0 Å². The molecule has 20 heavy (non-hydrogen) atoms. The molecule has 1 atom stereocenters. The zero-order chi connectivity index (χ0) is 14.7. The maximum absolute atomic E-state index is 13.5. The molecule has 1 saturated heterocycles. The molecule has 1 fully saturated rings. The van der Waals surface area contributed by atoms with Gasteiger partial charge in [0, 0.05) is 38.2 Å². The number of halogens is 3. The Kier molecular flexibility index (Phi) is 4.59. The predicted octanol–water partition coefficient (Wildman–Crippen LogP) is 2.48. The van der Waals surface area contributed by atoms with E-state index in [0.29, 0.717) is 24.8 Å². The first-order valence-corrected chi connectivity index (χ1v) is 6.29. The Labute approximate surface area is 115 Å². The van der Waals surface area contributed by atoms with Crippen LogP contribution >= 0.6 is 0 Å². The molecule has 1 aromatic carbocycles. The van der Waals surface area contributed by atoms with Gasteiger partial charge in [-0.15, -0.1) is 0 Å².